The molecule has 0 unspecified atom stereocenters. The van der Waals surface area contributed by atoms with Crippen LogP contribution in [0.15, 0.2) is 18.2 Å². The summed E-state index contributed by atoms with van der Waals surface area (Å²) >= 11 is 5.78. The molecule has 0 amide bonds. The maximum absolute atomic E-state index is 12.0. The van der Waals surface area contributed by atoms with Crippen LogP contribution in [0.1, 0.15) is 12.5 Å². The molecule has 0 aromatic heterocycles. The highest BCUT2D eigenvalue weighted by molar-refractivity contribution is 6.31. The maximum Gasteiger partial charge on any atom is 0.387 e. The summed E-state index contributed by atoms with van der Waals surface area (Å²) in [6.07, 6.45) is -0.0122. The van der Waals surface area contributed by atoms with Gasteiger partial charge in [0.1, 0.15) is 11.5 Å². The fourth-order valence-electron chi connectivity index (χ4n) is 1.17. The molecular weight excluding hydrogens is 226 g/mol. The predicted octanol–water partition coefficient (Wildman–Crippen LogP) is 3.07. The third kappa shape index (κ3) is 3.47. The van der Waals surface area contributed by atoms with Gasteiger partial charge in [-0.25, -0.2) is 0 Å². The van der Waals surface area contributed by atoms with Gasteiger partial charge in [-0.05, 0) is 19.1 Å². The first kappa shape index (κ1) is 11.9. The number of ketones is 1. The lowest BCUT2D eigenvalue weighted by Gasteiger charge is -2.10. The van der Waals surface area contributed by atoms with Crippen molar-refractivity contribution < 1.29 is 18.3 Å². The van der Waals surface area contributed by atoms with Gasteiger partial charge < -0.3 is 4.74 Å². The molecule has 0 N–H and O–H groups in total. The summed E-state index contributed by atoms with van der Waals surface area (Å²) in [6, 6.07) is 4.37. The van der Waals surface area contributed by atoms with Crippen molar-refractivity contribution in [1.82, 2.24) is 0 Å². The Morgan fingerprint density at radius 2 is 2.20 bits per heavy atom. The third-order valence-corrected chi connectivity index (χ3v) is 2.07. The molecule has 0 aliphatic heterocycles. The molecule has 0 saturated heterocycles. The molecule has 1 aromatic rings. The summed E-state index contributed by atoms with van der Waals surface area (Å²) in [4.78, 5) is 10.9. The molecule has 2 nitrogen and oxygen atoms in total. The molecule has 0 saturated carbocycles. The van der Waals surface area contributed by atoms with Crippen molar-refractivity contribution in [3.63, 3.8) is 0 Å². The van der Waals surface area contributed by atoms with Gasteiger partial charge in [-0.2, -0.15) is 8.78 Å². The minimum Gasteiger partial charge on any atom is -0.434 e. The lowest BCUT2D eigenvalue weighted by molar-refractivity contribution is -0.116. The van der Waals surface area contributed by atoms with Gasteiger partial charge in [0.15, 0.2) is 0 Å². The predicted molar refractivity (Wildman–Crippen MR) is 52.5 cm³/mol. The van der Waals surface area contributed by atoms with E-state index in [1.165, 1.54) is 25.1 Å². The molecule has 0 aliphatic rings. The molecule has 5 heteroatoms. The van der Waals surface area contributed by atoms with Crippen molar-refractivity contribution >= 4 is 17.4 Å². The second kappa shape index (κ2) is 5.07. The number of hydrogen-bond acceptors (Lipinski definition) is 2. The monoisotopic (exact) mass is 234 g/mol. The smallest absolute Gasteiger partial charge is 0.387 e. The van der Waals surface area contributed by atoms with E-state index >= 15 is 0 Å². The van der Waals surface area contributed by atoms with Gasteiger partial charge in [0.25, 0.3) is 0 Å². The van der Waals surface area contributed by atoms with Crippen LogP contribution in [0, 0.1) is 0 Å². The van der Waals surface area contributed by atoms with Crippen LogP contribution in [-0.2, 0) is 11.2 Å². The van der Waals surface area contributed by atoms with Crippen LogP contribution >= 0.6 is 11.6 Å². The Morgan fingerprint density at radius 3 is 2.73 bits per heavy atom. The summed E-state index contributed by atoms with van der Waals surface area (Å²) in [7, 11) is 0. The van der Waals surface area contributed by atoms with E-state index in [-0.39, 0.29) is 23.0 Å². The SMILES string of the molecule is CC(=O)Cc1c(Cl)cccc1OC(F)F. The van der Waals surface area contributed by atoms with Gasteiger partial charge in [-0.15, -0.1) is 0 Å². The molecule has 15 heavy (non-hydrogen) atoms. The van der Waals surface area contributed by atoms with E-state index in [1.54, 1.807) is 0 Å². The largest absolute Gasteiger partial charge is 0.434 e. The van der Waals surface area contributed by atoms with E-state index in [1.807, 2.05) is 0 Å². The van der Waals surface area contributed by atoms with Crippen LogP contribution in [0.4, 0.5) is 8.78 Å². The second-order valence-electron chi connectivity index (χ2n) is 2.97. The van der Waals surface area contributed by atoms with Crippen molar-refractivity contribution in [2.24, 2.45) is 0 Å². The topological polar surface area (TPSA) is 26.3 Å². The summed E-state index contributed by atoms with van der Waals surface area (Å²) in [5.74, 6) is -0.213. The molecule has 0 heterocycles. The van der Waals surface area contributed by atoms with E-state index in [4.69, 9.17) is 11.6 Å². The Labute approximate surface area is 90.8 Å². The average Bonchev–Trinajstić information content (AvgIpc) is 2.09. The molecule has 0 spiro atoms. The zero-order valence-electron chi connectivity index (χ0n) is 7.97. The minimum atomic E-state index is -2.92. The fraction of sp³-hybridized carbons (Fsp3) is 0.300. The van der Waals surface area contributed by atoms with E-state index in [0.29, 0.717) is 5.56 Å². The first-order valence-electron chi connectivity index (χ1n) is 4.22. The Hall–Kier alpha value is -1.16. The minimum absolute atomic E-state index is 0.0122. The standard InChI is InChI=1S/C10H9ClF2O2/c1-6(14)5-7-8(11)3-2-4-9(7)15-10(12)13/h2-4,10H,5H2,1H3. The lowest BCUT2D eigenvalue weighted by atomic mass is 10.1. The molecule has 0 radical (unpaired) electrons. The van der Waals surface area contributed by atoms with Crippen molar-refractivity contribution in [2.45, 2.75) is 20.0 Å². The van der Waals surface area contributed by atoms with E-state index in [0.717, 1.165) is 0 Å². The first-order valence-corrected chi connectivity index (χ1v) is 4.60. The van der Waals surface area contributed by atoms with Crippen LogP contribution in [-0.4, -0.2) is 12.4 Å². The van der Waals surface area contributed by atoms with Crippen molar-refractivity contribution in [1.29, 1.82) is 0 Å². The van der Waals surface area contributed by atoms with Crippen LogP contribution in [0.5, 0.6) is 5.75 Å². The van der Waals surface area contributed by atoms with Crippen LogP contribution in [0.3, 0.4) is 0 Å². The highest BCUT2D eigenvalue weighted by atomic mass is 35.5. The van der Waals surface area contributed by atoms with Gasteiger partial charge >= 0.3 is 6.61 Å². The summed E-state index contributed by atoms with van der Waals surface area (Å²) in [5, 5.41) is 0.253. The number of rotatable bonds is 4. The average molecular weight is 235 g/mol. The number of alkyl halides is 2. The van der Waals surface area contributed by atoms with Crippen molar-refractivity contribution in [2.75, 3.05) is 0 Å². The number of carbonyl (C=O) groups is 1. The number of hydrogen-bond donors (Lipinski definition) is 0. The molecule has 0 aliphatic carbocycles. The highest BCUT2D eigenvalue weighted by Gasteiger charge is 2.13. The molecular formula is C10H9ClF2O2. The van der Waals surface area contributed by atoms with Gasteiger partial charge in [0.05, 0.1) is 0 Å². The van der Waals surface area contributed by atoms with E-state index < -0.39 is 6.61 Å². The summed E-state index contributed by atoms with van der Waals surface area (Å²) < 4.78 is 28.3. The van der Waals surface area contributed by atoms with Crippen LogP contribution < -0.4 is 4.74 Å². The van der Waals surface area contributed by atoms with Crippen LogP contribution in [0.2, 0.25) is 5.02 Å². The van der Waals surface area contributed by atoms with E-state index in [9.17, 15) is 13.6 Å². The molecule has 1 aromatic carbocycles. The fourth-order valence-corrected chi connectivity index (χ4v) is 1.40. The Bertz CT molecular complexity index is 366. The zero-order chi connectivity index (χ0) is 11.4. The molecule has 0 bridgehead atoms. The Kier molecular flexibility index (Phi) is 4.03. The normalized spacial score (nSPS) is 10.5. The molecule has 0 fully saturated rings. The molecule has 1 rings (SSSR count). The third-order valence-electron chi connectivity index (χ3n) is 1.72. The lowest BCUT2D eigenvalue weighted by Crippen LogP contribution is -2.07. The number of halogens is 3. The van der Waals surface area contributed by atoms with Gasteiger partial charge in [0, 0.05) is 17.0 Å². The quantitative estimate of drug-likeness (QED) is 0.800. The van der Waals surface area contributed by atoms with Crippen molar-refractivity contribution in [3.05, 3.63) is 28.8 Å². The van der Waals surface area contributed by atoms with Crippen LogP contribution in [0.25, 0.3) is 0 Å². The number of benzene rings is 1. The number of carbonyl (C=O) groups excluding carboxylic acids is 1. The Balaban J connectivity index is 3.02. The number of Topliss-reactive ketones (excluding diaryl/α,β-unsaturated/α-hetero) is 1. The second-order valence-corrected chi connectivity index (χ2v) is 3.38. The molecule has 82 valence electrons. The molecule has 0 atom stereocenters. The number of ether oxygens (including phenoxy) is 1. The maximum atomic E-state index is 12.0. The van der Waals surface area contributed by atoms with Gasteiger partial charge in [0.2, 0.25) is 0 Å². The van der Waals surface area contributed by atoms with E-state index in [2.05, 4.69) is 4.74 Å². The van der Waals surface area contributed by atoms with Gasteiger partial charge in [-0.1, -0.05) is 17.7 Å². The van der Waals surface area contributed by atoms with Gasteiger partial charge in [-0.3, -0.25) is 4.79 Å². The highest BCUT2D eigenvalue weighted by Crippen LogP contribution is 2.28. The zero-order valence-corrected chi connectivity index (χ0v) is 8.72. The Morgan fingerprint density at radius 1 is 1.53 bits per heavy atom. The summed E-state index contributed by atoms with van der Waals surface area (Å²) in [5.41, 5.74) is 0.298. The summed E-state index contributed by atoms with van der Waals surface area (Å²) in [6.45, 7) is -1.57. The van der Waals surface area contributed by atoms with Crippen molar-refractivity contribution in [3.8, 4) is 5.75 Å². The first-order chi connectivity index (χ1) is 7.00.